The molecule has 1 saturated heterocycles. The van der Waals surface area contributed by atoms with Gasteiger partial charge in [0.2, 0.25) is 0 Å². The SMILES string of the molecule is I/C=N/N1CCN(Cc2ccc(-c3ccccc3)s2)CC1. The quantitative estimate of drug-likeness (QED) is 0.561. The smallest absolute Gasteiger partial charge is 0.0853 e. The Balaban J connectivity index is 1.58. The van der Waals surface area contributed by atoms with Crippen molar-refractivity contribution in [1.82, 2.24) is 9.91 Å². The summed E-state index contributed by atoms with van der Waals surface area (Å²) in [7, 11) is 0. The molecular weight excluding hydrogens is 393 g/mol. The van der Waals surface area contributed by atoms with Crippen LogP contribution < -0.4 is 0 Å². The van der Waals surface area contributed by atoms with Gasteiger partial charge in [0.25, 0.3) is 0 Å². The van der Waals surface area contributed by atoms with Crippen LogP contribution in [0.4, 0.5) is 0 Å². The average Bonchev–Trinajstić information content (AvgIpc) is 2.99. The molecule has 0 radical (unpaired) electrons. The molecule has 0 amide bonds. The maximum atomic E-state index is 4.34. The summed E-state index contributed by atoms with van der Waals surface area (Å²) in [6.07, 6.45) is 0. The number of rotatable bonds is 4. The van der Waals surface area contributed by atoms with Gasteiger partial charge in [0.15, 0.2) is 0 Å². The molecular formula is C16H18IN3S. The normalized spacial score (nSPS) is 16.7. The number of hydrogen-bond donors (Lipinski definition) is 0. The van der Waals surface area contributed by atoms with E-state index in [-0.39, 0.29) is 0 Å². The monoisotopic (exact) mass is 411 g/mol. The van der Waals surface area contributed by atoms with E-state index in [1.54, 1.807) is 0 Å². The molecule has 1 aromatic carbocycles. The lowest BCUT2D eigenvalue weighted by atomic mass is 10.2. The lowest BCUT2D eigenvalue weighted by molar-refractivity contribution is 0.132. The van der Waals surface area contributed by atoms with Crippen LogP contribution in [0.1, 0.15) is 4.88 Å². The van der Waals surface area contributed by atoms with Crippen LogP contribution in [0.2, 0.25) is 0 Å². The van der Waals surface area contributed by atoms with Crippen LogP contribution in [-0.2, 0) is 6.54 Å². The van der Waals surface area contributed by atoms with Crippen molar-refractivity contribution in [2.45, 2.75) is 6.54 Å². The van der Waals surface area contributed by atoms with E-state index in [1.807, 2.05) is 15.6 Å². The Kier molecular flexibility index (Phi) is 5.27. The second-order valence-corrected chi connectivity index (χ2v) is 6.80. The second-order valence-electron chi connectivity index (χ2n) is 5.07. The molecule has 21 heavy (non-hydrogen) atoms. The zero-order valence-electron chi connectivity index (χ0n) is 11.8. The summed E-state index contributed by atoms with van der Waals surface area (Å²) >= 11 is 4.08. The minimum atomic E-state index is 1.02. The van der Waals surface area contributed by atoms with Crippen molar-refractivity contribution in [2.75, 3.05) is 26.2 Å². The summed E-state index contributed by atoms with van der Waals surface area (Å²) in [5.74, 6) is 0. The van der Waals surface area contributed by atoms with Gasteiger partial charge < -0.3 is 0 Å². The van der Waals surface area contributed by atoms with E-state index < -0.39 is 0 Å². The van der Waals surface area contributed by atoms with E-state index in [1.165, 1.54) is 15.3 Å². The highest BCUT2D eigenvalue weighted by atomic mass is 127. The fraction of sp³-hybridized carbons (Fsp3) is 0.312. The van der Waals surface area contributed by atoms with Gasteiger partial charge in [0, 0.05) is 42.5 Å². The molecule has 3 rings (SSSR count). The van der Waals surface area contributed by atoms with Crippen LogP contribution in [0.25, 0.3) is 10.4 Å². The first-order valence-electron chi connectivity index (χ1n) is 7.09. The van der Waals surface area contributed by atoms with E-state index >= 15 is 0 Å². The van der Waals surface area contributed by atoms with Crippen LogP contribution in [0, 0.1) is 0 Å². The van der Waals surface area contributed by atoms with E-state index in [0.717, 1.165) is 32.7 Å². The molecule has 0 aliphatic carbocycles. The molecule has 3 nitrogen and oxygen atoms in total. The third kappa shape index (κ3) is 4.05. The highest BCUT2D eigenvalue weighted by molar-refractivity contribution is 14.1. The summed E-state index contributed by atoms with van der Waals surface area (Å²) in [5.41, 5.74) is 1.31. The Hall–Kier alpha value is -0.920. The highest BCUT2D eigenvalue weighted by Crippen LogP contribution is 2.28. The molecule has 5 heteroatoms. The van der Waals surface area contributed by atoms with Crippen molar-refractivity contribution in [3.8, 4) is 10.4 Å². The van der Waals surface area contributed by atoms with Gasteiger partial charge >= 0.3 is 0 Å². The molecule has 0 saturated carbocycles. The number of hydrogen-bond acceptors (Lipinski definition) is 4. The molecule has 0 spiro atoms. The molecule has 1 aromatic heterocycles. The summed E-state index contributed by atoms with van der Waals surface area (Å²) in [6, 6.07) is 15.1. The molecule has 1 aliphatic heterocycles. The van der Waals surface area contributed by atoms with Gasteiger partial charge in [0.1, 0.15) is 0 Å². The average molecular weight is 411 g/mol. The number of nitrogens with zero attached hydrogens (tertiary/aromatic N) is 3. The van der Waals surface area contributed by atoms with Crippen LogP contribution >= 0.6 is 33.9 Å². The summed E-state index contributed by atoms with van der Waals surface area (Å²) in [6.45, 7) is 5.28. The molecule has 1 aliphatic rings. The topological polar surface area (TPSA) is 18.8 Å². The van der Waals surface area contributed by atoms with Crippen molar-refractivity contribution < 1.29 is 0 Å². The second kappa shape index (κ2) is 7.38. The Morgan fingerprint density at radius 1 is 1.05 bits per heavy atom. The first kappa shape index (κ1) is 15.0. The van der Waals surface area contributed by atoms with E-state index in [4.69, 9.17) is 0 Å². The molecule has 110 valence electrons. The predicted octanol–water partition coefficient (Wildman–Crippen LogP) is 3.91. The third-order valence-corrected chi connectivity index (χ3v) is 5.02. The van der Waals surface area contributed by atoms with Crippen LogP contribution in [0.3, 0.4) is 0 Å². The maximum absolute atomic E-state index is 4.34. The van der Waals surface area contributed by atoms with Crippen molar-refractivity contribution in [3.05, 3.63) is 47.3 Å². The van der Waals surface area contributed by atoms with Crippen molar-refractivity contribution in [3.63, 3.8) is 0 Å². The lowest BCUT2D eigenvalue weighted by Gasteiger charge is -2.32. The predicted molar refractivity (Wildman–Crippen MR) is 99.1 cm³/mol. The molecule has 2 aromatic rings. The molecule has 2 heterocycles. The Bertz CT molecular complexity index is 589. The van der Waals surface area contributed by atoms with Gasteiger partial charge in [0.05, 0.1) is 4.22 Å². The van der Waals surface area contributed by atoms with Gasteiger partial charge in [-0.3, -0.25) is 9.91 Å². The molecule has 0 bridgehead atoms. The van der Waals surface area contributed by atoms with Crippen molar-refractivity contribution >= 4 is 38.1 Å². The lowest BCUT2D eigenvalue weighted by Crippen LogP contribution is -2.43. The minimum Gasteiger partial charge on any atom is -0.295 e. The Labute approximate surface area is 143 Å². The van der Waals surface area contributed by atoms with Gasteiger partial charge in [-0.15, -0.1) is 11.3 Å². The zero-order valence-corrected chi connectivity index (χ0v) is 14.8. The van der Waals surface area contributed by atoms with Gasteiger partial charge in [-0.05, 0) is 40.3 Å². The number of benzene rings is 1. The number of thiophene rings is 1. The number of hydrazone groups is 1. The van der Waals surface area contributed by atoms with Gasteiger partial charge in [-0.25, -0.2) is 0 Å². The van der Waals surface area contributed by atoms with Crippen LogP contribution in [0.5, 0.6) is 0 Å². The zero-order chi connectivity index (χ0) is 14.5. The van der Waals surface area contributed by atoms with Crippen molar-refractivity contribution in [2.24, 2.45) is 5.10 Å². The maximum Gasteiger partial charge on any atom is 0.0853 e. The third-order valence-electron chi connectivity index (χ3n) is 3.66. The van der Waals surface area contributed by atoms with E-state index in [9.17, 15) is 0 Å². The Morgan fingerprint density at radius 3 is 2.52 bits per heavy atom. The molecule has 0 atom stereocenters. The number of piperazine rings is 1. The Morgan fingerprint density at radius 2 is 1.81 bits per heavy atom. The number of halogens is 1. The van der Waals surface area contributed by atoms with E-state index in [2.05, 4.69) is 80.1 Å². The molecule has 0 N–H and O–H groups in total. The summed E-state index contributed by atoms with van der Waals surface area (Å²) in [4.78, 5) is 5.32. The van der Waals surface area contributed by atoms with E-state index in [0.29, 0.717) is 0 Å². The van der Waals surface area contributed by atoms with Gasteiger partial charge in [-0.2, -0.15) is 5.10 Å². The first-order valence-corrected chi connectivity index (χ1v) is 9.15. The van der Waals surface area contributed by atoms with Gasteiger partial charge in [-0.1, -0.05) is 30.3 Å². The standard InChI is InChI=1S/C16H18IN3S/c17-13-18-20-10-8-19(9-11-20)12-15-6-7-16(21-15)14-4-2-1-3-5-14/h1-7,13H,8-12H2/b18-13+. The van der Waals surface area contributed by atoms with Crippen LogP contribution in [-0.4, -0.2) is 40.3 Å². The van der Waals surface area contributed by atoms with Crippen LogP contribution in [0.15, 0.2) is 47.6 Å². The summed E-state index contributed by atoms with van der Waals surface area (Å²) < 4.78 is 1.85. The fourth-order valence-corrected chi connectivity index (χ4v) is 3.92. The first-order chi connectivity index (χ1) is 10.3. The minimum absolute atomic E-state index is 1.02. The largest absolute Gasteiger partial charge is 0.295 e. The van der Waals surface area contributed by atoms with Crippen molar-refractivity contribution in [1.29, 1.82) is 0 Å². The summed E-state index contributed by atoms with van der Waals surface area (Å²) in [5, 5.41) is 6.49. The fourth-order valence-electron chi connectivity index (χ4n) is 2.51. The molecule has 0 unspecified atom stereocenters. The highest BCUT2D eigenvalue weighted by Gasteiger charge is 2.16. The molecule has 1 fully saturated rings.